The molecule has 0 spiro atoms. The van der Waals surface area contributed by atoms with Crippen molar-refractivity contribution in [3.05, 3.63) is 47.8 Å². The molecule has 0 amide bonds. The van der Waals surface area contributed by atoms with Crippen LogP contribution in [0, 0.1) is 0 Å². The Balaban J connectivity index is 0.00000127. The highest BCUT2D eigenvalue weighted by Gasteiger charge is 2.03. The number of allylic oxidation sites excluding steroid dienone is 1. The van der Waals surface area contributed by atoms with Crippen LogP contribution in [0.15, 0.2) is 42.2 Å². The number of hydrogen-bond donors (Lipinski definition) is 1. The van der Waals surface area contributed by atoms with Crippen molar-refractivity contribution < 1.29 is 4.74 Å². The van der Waals surface area contributed by atoms with E-state index in [2.05, 4.69) is 42.5 Å². The Morgan fingerprint density at radius 1 is 1.17 bits per heavy atom. The Morgan fingerprint density at radius 2 is 1.91 bits per heavy atom. The number of rotatable bonds is 7. The maximum Gasteiger partial charge on any atom is 0.119 e. The minimum absolute atomic E-state index is 0.879. The molecule has 0 bridgehead atoms. The summed E-state index contributed by atoms with van der Waals surface area (Å²) in [5.41, 5.74) is 3.78. The average molecular weight is 314 g/mol. The van der Waals surface area contributed by atoms with E-state index in [1.165, 1.54) is 16.5 Å². The molecule has 0 unspecified atom stereocenters. The van der Waals surface area contributed by atoms with E-state index in [1.807, 2.05) is 32.2 Å². The standard InChI is InChI=1S/C18H24N2O.C2H6/c1-4-14(5-2)13-19-10-8-15-9-11-20-18-7-6-16(21-3)12-17(15)18;1-2/h6-7,9,11-13,19H,4-5,8,10H2,1-3H3;1-2H3. The Kier molecular flexibility index (Phi) is 8.81. The lowest BCUT2D eigenvalue weighted by Gasteiger charge is -2.09. The molecule has 0 saturated heterocycles. The van der Waals surface area contributed by atoms with E-state index in [1.54, 1.807) is 7.11 Å². The number of fused-ring (bicyclic) bond motifs is 1. The number of nitrogens with one attached hydrogen (secondary N) is 1. The molecule has 0 aliphatic rings. The van der Waals surface area contributed by atoms with E-state index in [4.69, 9.17) is 4.74 Å². The van der Waals surface area contributed by atoms with Crippen molar-refractivity contribution in [2.24, 2.45) is 0 Å². The molecule has 3 heteroatoms. The van der Waals surface area contributed by atoms with Gasteiger partial charge in [0.05, 0.1) is 12.6 Å². The third kappa shape index (κ3) is 5.59. The molecule has 2 rings (SSSR count). The molecular formula is C20H30N2O. The summed E-state index contributed by atoms with van der Waals surface area (Å²) in [4.78, 5) is 4.41. The Hall–Kier alpha value is -2.03. The molecule has 0 aliphatic carbocycles. The van der Waals surface area contributed by atoms with Gasteiger partial charge in [0.1, 0.15) is 5.75 Å². The molecule has 1 aromatic heterocycles. The van der Waals surface area contributed by atoms with Crippen molar-refractivity contribution >= 4 is 10.9 Å². The van der Waals surface area contributed by atoms with E-state index in [-0.39, 0.29) is 0 Å². The lowest BCUT2D eigenvalue weighted by molar-refractivity contribution is 0.415. The number of benzene rings is 1. The fourth-order valence-corrected chi connectivity index (χ4v) is 2.40. The maximum atomic E-state index is 5.31. The Bertz CT molecular complexity index is 614. The van der Waals surface area contributed by atoms with Gasteiger partial charge in [0.25, 0.3) is 0 Å². The number of pyridine rings is 1. The minimum Gasteiger partial charge on any atom is -0.497 e. The molecule has 0 aliphatic heterocycles. The molecule has 0 saturated carbocycles. The van der Waals surface area contributed by atoms with Gasteiger partial charge >= 0.3 is 0 Å². The second-order valence-electron chi connectivity index (χ2n) is 5.07. The van der Waals surface area contributed by atoms with Gasteiger partial charge in [-0.2, -0.15) is 0 Å². The van der Waals surface area contributed by atoms with Crippen molar-refractivity contribution in [1.29, 1.82) is 0 Å². The highest BCUT2D eigenvalue weighted by Crippen LogP contribution is 2.22. The van der Waals surface area contributed by atoms with Gasteiger partial charge in [-0.25, -0.2) is 0 Å². The van der Waals surface area contributed by atoms with Crippen molar-refractivity contribution in [1.82, 2.24) is 10.3 Å². The summed E-state index contributed by atoms with van der Waals surface area (Å²) >= 11 is 0. The van der Waals surface area contributed by atoms with Crippen LogP contribution in [0.4, 0.5) is 0 Å². The summed E-state index contributed by atoms with van der Waals surface area (Å²) in [6.45, 7) is 9.32. The summed E-state index contributed by atoms with van der Waals surface area (Å²) in [5, 5.41) is 4.59. The highest BCUT2D eigenvalue weighted by atomic mass is 16.5. The first kappa shape index (κ1) is 19.0. The molecule has 0 radical (unpaired) electrons. The van der Waals surface area contributed by atoms with Gasteiger partial charge in [-0.15, -0.1) is 0 Å². The summed E-state index contributed by atoms with van der Waals surface area (Å²) in [6.07, 6.45) is 7.23. The monoisotopic (exact) mass is 314 g/mol. The fraction of sp³-hybridized carbons (Fsp3) is 0.450. The molecule has 2 aromatic rings. The van der Waals surface area contributed by atoms with Crippen molar-refractivity contribution in [2.75, 3.05) is 13.7 Å². The summed E-state index contributed by atoms with van der Waals surface area (Å²) < 4.78 is 5.31. The maximum absolute atomic E-state index is 5.31. The van der Waals surface area contributed by atoms with E-state index in [0.717, 1.165) is 37.1 Å². The largest absolute Gasteiger partial charge is 0.497 e. The Labute approximate surface area is 140 Å². The van der Waals surface area contributed by atoms with Crippen molar-refractivity contribution in [3.63, 3.8) is 0 Å². The Morgan fingerprint density at radius 3 is 2.57 bits per heavy atom. The number of hydrogen-bond acceptors (Lipinski definition) is 3. The summed E-state index contributed by atoms with van der Waals surface area (Å²) in [6, 6.07) is 8.12. The fourth-order valence-electron chi connectivity index (χ4n) is 2.40. The molecular weight excluding hydrogens is 284 g/mol. The van der Waals surface area contributed by atoms with Crippen LogP contribution in [0.2, 0.25) is 0 Å². The van der Waals surface area contributed by atoms with Crippen molar-refractivity contribution in [2.45, 2.75) is 47.0 Å². The van der Waals surface area contributed by atoms with Crippen LogP contribution in [-0.4, -0.2) is 18.6 Å². The predicted octanol–water partition coefficient (Wildman–Crippen LogP) is 5.11. The van der Waals surface area contributed by atoms with Gasteiger partial charge in [-0.05, 0) is 55.3 Å². The molecule has 126 valence electrons. The quantitative estimate of drug-likeness (QED) is 0.721. The van der Waals surface area contributed by atoms with E-state index >= 15 is 0 Å². The molecule has 3 nitrogen and oxygen atoms in total. The number of nitrogens with zero attached hydrogens (tertiary/aromatic N) is 1. The van der Waals surface area contributed by atoms with Crippen LogP contribution in [0.25, 0.3) is 10.9 Å². The third-order valence-corrected chi connectivity index (χ3v) is 3.79. The van der Waals surface area contributed by atoms with Gasteiger partial charge in [0.15, 0.2) is 0 Å². The zero-order valence-electron chi connectivity index (χ0n) is 15.1. The van der Waals surface area contributed by atoms with Gasteiger partial charge in [-0.1, -0.05) is 33.3 Å². The number of ether oxygens (including phenoxy) is 1. The first-order valence-corrected chi connectivity index (χ1v) is 8.61. The molecule has 0 fully saturated rings. The van der Waals surface area contributed by atoms with E-state index < -0.39 is 0 Å². The second-order valence-corrected chi connectivity index (χ2v) is 5.07. The summed E-state index contributed by atoms with van der Waals surface area (Å²) in [7, 11) is 1.70. The zero-order chi connectivity index (χ0) is 17.1. The second kappa shape index (κ2) is 10.7. The minimum atomic E-state index is 0.879. The zero-order valence-corrected chi connectivity index (χ0v) is 15.1. The van der Waals surface area contributed by atoms with Crippen LogP contribution < -0.4 is 10.1 Å². The molecule has 1 N–H and O–H groups in total. The van der Waals surface area contributed by atoms with Crippen molar-refractivity contribution in [3.8, 4) is 5.75 Å². The average Bonchev–Trinajstić information content (AvgIpc) is 2.63. The molecule has 1 heterocycles. The SMILES string of the molecule is CC.CCC(=CNCCc1ccnc2ccc(OC)cc12)CC. The number of aromatic nitrogens is 1. The first-order valence-electron chi connectivity index (χ1n) is 8.61. The number of methoxy groups -OCH3 is 1. The predicted molar refractivity (Wildman–Crippen MR) is 100 cm³/mol. The lowest BCUT2D eigenvalue weighted by atomic mass is 10.1. The molecule has 0 atom stereocenters. The smallest absolute Gasteiger partial charge is 0.119 e. The van der Waals surface area contributed by atoms with Gasteiger partial charge in [0.2, 0.25) is 0 Å². The normalized spacial score (nSPS) is 9.78. The van der Waals surface area contributed by atoms with Crippen LogP contribution in [-0.2, 0) is 6.42 Å². The van der Waals surface area contributed by atoms with Gasteiger partial charge in [0, 0.05) is 18.1 Å². The van der Waals surface area contributed by atoms with E-state index in [0.29, 0.717) is 0 Å². The van der Waals surface area contributed by atoms with Gasteiger partial charge in [-0.3, -0.25) is 4.98 Å². The highest BCUT2D eigenvalue weighted by molar-refractivity contribution is 5.83. The first-order chi connectivity index (χ1) is 11.3. The lowest BCUT2D eigenvalue weighted by Crippen LogP contribution is -2.11. The van der Waals surface area contributed by atoms with Crippen LogP contribution in [0.5, 0.6) is 5.75 Å². The van der Waals surface area contributed by atoms with Gasteiger partial charge < -0.3 is 10.1 Å². The summed E-state index contributed by atoms with van der Waals surface area (Å²) in [5.74, 6) is 0.879. The topological polar surface area (TPSA) is 34.2 Å². The third-order valence-electron chi connectivity index (χ3n) is 3.79. The van der Waals surface area contributed by atoms with E-state index in [9.17, 15) is 0 Å². The molecule has 1 aromatic carbocycles. The molecule has 23 heavy (non-hydrogen) atoms. The van der Waals surface area contributed by atoms with Crippen LogP contribution in [0.1, 0.15) is 46.1 Å². The van der Waals surface area contributed by atoms with Crippen LogP contribution in [0.3, 0.4) is 0 Å². The van der Waals surface area contributed by atoms with Crippen LogP contribution >= 0.6 is 0 Å².